The molecule has 2 aromatic carbocycles. The van der Waals surface area contributed by atoms with Gasteiger partial charge in [-0.25, -0.2) is 0 Å². The molecule has 1 saturated heterocycles. The summed E-state index contributed by atoms with van der Waals surface area (Å²) < 4.78 is 16.7. The maximum Gasteiger partial charge on any atom is 0.243 e. The molecule has 0 saturated carbocycles. The molecule has 26 heavy (non-hydrogen) atoms. The van der Waals surface area contributed by atoms with E-state index >= 15 is 0 Å². The summed E-state index contributed by atoms with van der Waals surface area (Å²) >= 11 is 0. The average Bonchev–Trinajstić information content (AvgIpc) is 3.19. The second-order valence-corrected chi connectivity index (χ2v) is 6.04. The van der Waals surface area contributed by atoms with E-state index in [4.69, 9.17) is 14.2 Å². The van der Waals surface area contributed by atoms with E-state index < -0.39 is 0 Å². The van der Waals surface area contributed by atoms with Crippen LogP contribution in [0, 0.1) is 0 Å². The van der Waals surface area contributed by atoms with Crippen molar-refractivity contribution in [1.29, 1.82) is 0 Å². The third-order valence-electron chi connectivity index (χ3n) is 4.16. The molecule has 138 valence electrons. The van der Waals surface area contributed by atoms with Crippen molar-refractivity contribution in [3.8, 4) is 11.5 Å². The number of rotatable bonds is 8. The smallest absolute Gasteiger partial charge is 0.243 e. The van der Waals surface area contributed by atoms with Crippen molar-refractivity contribution in [3.05, 3.63) is 48.5 Å². The summed E-state index contributed by atoms with van der Waals surface area (Å²) in [6.07, 6.45) is 2.21. The Bertz CT molecular complexity index is 729. The highest BCUT2D eigenvalue weighted by atomic mass is 16.5. The summed E-state index contributed by atoms with van der Waals surface area (Å²) in [6.45, 7) is 1.41. The van der Waals surface area contributed by atoms with Crippen LogP contribution >= 0.6 is 0 Å². The fourth-order valence-electron chi connectivity index (χ4n) is 2.81. The normalized spacial score (nSPS) is 16.1. The van der Waals surface area contributed by atoms with Gasteiger partial charge in [-0.2, -0.15) is 0 Å². The van der Waals surface area contributed by atoms with Crippen molar-refractivity contribution in [3.63, 3.8) is 0 Å². The van der Waals surface area contributed by atoms with Gasteiger partial charge in [0.1, 0.15) is 18.1 Å². The van der Waals surface area contributed by atoms with Crippen molar-refractivity contribution in [2.45, 2.75) is 18.9 Å². The van der Waals surface area contributed by atoms with E-state index in [2.05, 4.69) is 10.6 Å². The highest BCUT2D eigenvalue weighted by Gasteiger charge is 2.17. The van der Waals surface area contributed by atoms with Crippen LogP contribution in [0.25, 0.3) is 0 Å². The number of hydrogen-bond donors (Lipinski definition) is 2. The summed E-state index contributed by atoms with van der Waals surface area (Å²) in [5.74, 6) is 1.18. The first kappa shape index (κ1) is 18.1. The fourth-order valence-corrected chi connectivity index (χ4v) is 2.81. The number of ether oxygens (including phenoxy) is 3. The fraction of sp³-hybridized carbons (Fsp3) is 0.350. The van der Waals surface area contributed by atoms with Crippen molar-refractivity contribution >= 4 is 17.3 Å². The first-order chi connectivity index (χ1) is 12.8. The Morgan fingerprint density at radius 2 is 1.85 bits per heavy atom. The molecule has 6 heteroatoms. The molecule has 0 aliphatic carbocycles. The van der Waals surface area contributed by atoms with Gasteiger partial charge in [0, 0.05) is 6.61 Å². The molecular formula is C20H24N2O4. The summed E-state index contributed by atoms with van der Waals surface area (Å²) in [5.41, 5.74) is 1.42. The Balaban J connectivity index is 1.55. The number of benzene rings is 2. The summed E-state index contributed by atoms with van der Waals surface area (Å²) in [4.78, 5) is 12.3. The van der Waals surface area contributed by atoms with Gasteiger partial charge in [0.05, 0.1) is 31.1 Å². The Labute approximate surface area is 153 Å². The molecule has 1 aliphatic heterocycles. The van der Waals surface area contributed by atoms with Crippen molar-refractivity contribution in [2.75, 3.05) is 37.5 Å². The third kappa shape index (κ3) is 4.89. The van der Waals surface area contributed by atoms with Gasteiger partial charge in [-0.3, -0.25) is 4.79 Å². The zero-order chi connectivity index (χ0) is 18.2. The molecule has 3 rings (SSSR count). The Hall–Kier alpha value is -2.73. The molecule has 1 fully saturated rings. The maximum atomic E-state index is 12.3. The molecule has 6 nitrogen and oxygen atoms in total. The van der Waals surface area contributed by atoms with Gasteiger partial charge in [0.15, 0.2) is 0 Å². The molecule has 2 N–H and O–H groups in total. The maximum absolute atomic E-state index is 12.3. The third-order valence-corrected chi connectivity index (χ3v) is 4.16. The largest absolute Gasteiger partial charge is 0.495 e. The van der Waals surface area contributed by atoms with Crippen LogP contribution in [0.1, 0.15) is 12.8 Å². The molecule has 1 atom stereocenters. The lowest BCUT2D eigenvalue weighted by Gasteiger charge is -2.15. The second kappa shape index (κ2) is 9.10. The minimum Gasteiger partial charge on any atom is -0.495 e. The van der Waals surface area contributed by atoms with Gasteiger partial charge in [-0.1, -0.05) is 24.3 Å². The number of carbonyl (C=O) groups excluding carboxylic acids is 1. The lowest BCUT2D eigenvalue weighted by atomic mass is 10.2. The number of methoxy groups -OCH3 is 1. The van der Waals surface area contributed by atoms with Gasteiger partial charge in [-0.05, 0) is 37.1 Å². The highest BCUT2D eigenvalue weighted by molar-refractivity contribution is 5.95. The lowest BCUT2D eigenvalue weighted by Crippen LogP contribution is -2.23. The zero-order valence-electron chi connectivity index (χ0n) is 14.9. The predicted molar refractivity (Wildman–Crippen MR) is 101 cm³/mol. The van der Waals surface area contributed by atoms with Crippen LogP contribution in [-0.4, -0.2) is 38.9 Å². The number of amides is 1. The van der Waals surface area contributed by atoms with E-state index in [-0.39, 0.29) is 18.6 Å². The van der Waals surface area contributed by atoms with E-state index in [0.29, 0.717) is 23.8 Å². The average molecular weight is 356 g/mol. The monoisotopic (exact) mass is 356 g/mol. The number of hydrogen-bond acceptors (Lipinski definition) is 5. The van der Waals surface area contributed by atoms with Gasteiger partial charge in [0.25, 0.3) is 0 Å². The summed E-state index contributed by atoms with van der Waals surface area (Å²) in [6, 6.07) is 14.9. The van der Waals surface area contributed by atoms with Crippen molar-refractivity contribution in [2.24, 2.45) is 0 Å². The number of nitrogens with one attached hydrogen (secondary N) is 2. The van der Waals surface area contributed by atoms with Gasteiger partial charge >= 0.3 is 0 Å². The van der Waals surface area contributed by atoms with Crippen LogP contribution in [0.5, 0.6) is 11.5 Å². The molecule has 0 radical (unpaired) electrons. The molecule has 2 aromatic rings. The number of anilines is 2. The van der Waals surface area contributed by atoms with Crippen LogP contribution in [0.3, 0.4) is 0 Å². The highest BCUT2D eigenvalue weighted by Crippen LogP contribution is 2.26. The molecule has 1 heterocycles. The molecule has 0 bridgehead atoms. The van der Waals surface area contributed by atoms with E-state index in [1.54, 1.807) is 7.11 Å². The van der Waals surface area contributed by atoms with Crippen LogP contribution in [0.4, 0.5) is 11.4 Å². The molecule has 1 unspecified atom stereocenters. The standard InChI is InChI=1S/C20H24N2O4/c1-24-18-10-4-2-8-16(18)21-13-20(23)22-17-9-3-5-11-19(17)26-14-15-7-6-12-25-15/h2-5,8-11,15,21H,6-7,12-14H2,1H3,(H,22,23). The second-order valence-electron chi connectivity index (χ2n) is 6.04. The van der Waals surface area contributed by atoms with Crippen molar-refractivity contribution in [1.82, 2.24) is 0 Å². The molecular weight excluding hydrogens is 332 g/mol. The molecule has 0 aromatic heterocycles. The first-order valence-corrected chi connectivity index (χ1v) is 8.76. The number of para-hydroxylation sites is 4. The first-order valence-electron chi connectivity index (χ1n) is 8.76. The van der Waals surface area contributed by atoms with Crippen LogP contribution in [0.15, 0.2) is 48.5 Å². The Morgan fingerprint density at radius 3 is 2.58 bits per heavy atom. The van der Waals surface area contributed by atoms with Crippen LogP contribution in [-0.2, 0) is 9.53 Å². The minimum atomic E-state index is -0.163. The van der Waals surface area contributed by atoms with Crippen LogP contribution < -0.4 is 20.1 Å². The van der Waals surface area contributed by atoms with E-state index in [0.717, 1.165) is 25.1 Å². The van der Waals surface area contributed by atoms with E-state index in [9.17, 15) is 4.79 Å². The minimum absolute atomic E-state index is 0.125. The van der Waals surface area contributed by atoms with E-state index in [1.165, 1.54) is 0 Å². The molecule has 1 aliphatic rings. The van der Waals surface area contributed by atoms with E-state index in [1.807, 2.05) is 48.5 Å². The van der Waals surface area contributed by atoms with Gasteiger partial charge < -0.3 is 24.8 Å². The van der Waals surface area contributed by atoms with Crippen LogP contribution in [0.2, 0.25) is 0 Å². The molecule has 0 spiro atoms. The summed E-state index contributed by atoms with van der Waals surface area (Å²) in [7, 11) is 1.60. The zero-order valence-corrected chi connectivity index (χ0v) is 14.9. The SMILES string of the molecule is COc1ccccc1NCC(=O)Nc1ccccc1OCC1CCCO1. The predicted octanol–water partition coefficient (Wildman–Crippen LogP) is 3.30. The topological polar surface area (TPSA) is 68.8 Å². The number of carbonyl (C=O) groups is 1. The Morgan fingerprint density at radius 1 is 1.12 bits per heavy atom. The molecule has 1 amide bonds. The lowest BCUT2D eigenvalue weighted by molar-refractivity contribution is -0.114. The Kier molecular flexibility index (Phi) is 6.33. The quantitative estimate of drug-likeness (QED) is 0.759. The van der Waals surface area contributed by atoms with Crippen molar-refractivity contribution < 1.29 is 19.0 Å². The summed E-state index contributed by atoms with van der Waals surface area (Å²) in [5, 5.41) is 5.97. The van der Waals surface area contributed by atoms with Gasteiger partial charge in [-0.15, -0.1) is 0 Å². The van der Waals surface area contributed by atoms with Gasteiger partial charge in [0.2, 0.25) is 5.91 Å².